The molecule has 16 heavy (non-hydrogen) atoms. The molecule has 1 aromatic rings. The molecule has 90 valence electrons. The Morgan fingerprint density at radius 1 is 1.25 bits per heavy atom. The number of hydrogen-bond donors (Lipinski definition) is 2. The fraction of sp³-hybridized carbons (Fsp3) is 0.538. The topological polar surface area (TPSA) is 55.5 Å². The number of benzene rings is 1. The third-order valence-corrected chi connectivity index (χ3v) is 2.65. The van der Waals surface area contributed by atoms with E-state index >= 15 is 0 Å². The van der Waals surface area contributed by atoms with Gasteiger partial charge < -0.3 is 15.6 Å². The molecule has 0 radical (unpaired) electrons. The van der Waals surface area contributed by atoms with Crippen LogP contribution >= 0.6 is 0 Å². The molecule has 0 unspecified atom stereocenters. The fourth-order valence-corrected chi connectivity index (χ4v) is 1.61. The van der Waals surface area contributed by atoms with Crippen LogP contribution in [0, 0.1) is 0 Å². The van der Waals surface area contributed by atoms with Gasteiger partial charge in [0, 0.05) is 24.8 Å². The molecule has 1 rings (SSSR count). The van der Waals surface area contributed by atoms with Gasteiger partial charge >= 0.3 is 0 Å². The normalized spacial score (nSPS) is 11.8. The summed E-state index contributed by atoms with van der Waals surface area (Å²) in [5.74, 6) is 0.261. The molecular weight excluding hydrogens is 202 g/mol. The Kier molecular flexibility index (Phi) is 3.94. The molecule has 3 nitrogen and oxygen atoms in total. The molecule has 3 heteroatoms. The Labute approximate surface area is 97.2 Å². The minimum absolute atomic E-state index is 0.0418. The van der Waals surface area contributed by atoms with Crippen LogP contribution in [0.3, 0.4) is 0 Å². The first kappa shape index (κ1) is 13.0. The van der Waals surface area contributed by atoms with Gasteiger partial charge in [0.25, 0.3) is 0 Å². The maximum atomic E-state index is 9.95. The quantitative estimate of drug-likeness (QED) is 0.826. The number of phenolic OH excluding ortho intramolecular Hbond substituents is 1. The first-order valence-electron chi connectivity index (χ1n) is 5.44. The zero-order chi connectivity index (χ0) is 12.3. The van der Waals surface area contributed by atoms with E-state index in [1.807, 2.05) is 12.1 Å². The molecule has 0 aromatic heterocycles. The summed E-state index contributed by atoms with van der Waals surface area (Å²) in [6.45, 7) is 7.15. The van der Waals surface area contributed by atoms with Gasteiger partial charge in [0.15, 0.2) is 0 Å². The van der Waals surface area contributed by atoms with Crippen molar-refractivity contribution >= 4 is 0 Å². The molecule has 3 N–H and O–H groups in total. The first-order valence-corrected chi connectivity index (χ1v) is 5.44. The minimum Gasteiger partial charge on any atom is -0.507 e. The number of aromatic hydroxyl groups is 1. The average Bonchev–Trinajstić information content (AvgIpc) is 2.19. The third-order valence-electron chi connectivity index (χ3n) is 2.65. The van der Waals surface area contributed by atoms with E-state index in [1.165, 1.54) is 0 Å². The molecule has 0 aliphatic rings. The van der Waals surface area contributed by atoms with Crippen LogP contribution in [-0.2, 0) is 23.3 Å². The van der Waals surface area contributed by atoms with Crippen molar-refractivity contribution in [2.45, 2.75) is 39.3 Å². The van der Waals surface area contributed by atoms with Crippen molar-refractivity contribution in [3.05, 3.63) is 28.8 Å². The van der Waals surface area contributed by atoms with E-state index in [1.54, 1.807) is 7.11 Å². The van der Waals surface area contributed by atoms with E-state index in [9.17, 15) is 5.11 Å². The minimum atomic E-state index is 0.0418. The van der Waals surface area contributed by atoms with Gasteiger partial charge in [-0.1, -0.05) is 26.8 Å². The van der Waals surface area contributed by atoms with E-state index in [2.05, 4.69) is 20.8 Å². The fourth-order valence-electron chi connectivity index (χ4n) is 1.61. The molecule has 0 atom stereocenters. The van der Waals surface area contributed by atoms with Crippen LogP contribution in [0.1, 0.15) is 37.5 Å². The number of hydrogen-bond acceptors (Lipinski definition) is 3. The Morgan fingerprint density at radius 2 is 1.81 bits per heavy atom. The van der Waals surface area contributed by atoms with Gasteiger partial charge in [-0.05, 0) is 17.0 Å². The molecule has 0 heterocycles. The molecule has 0 spiro atoms. The second-order valence-electron chi connectivity index (χ2n) is 5.03. The smallest absolute Gasteiger partial charge is 0.125 e. The predicted molar refractivity (Wildman–Crippen MR) is 65.4 cm³/mol. The standard InChI is InChI=1S/C13H21NO2/c1-13(2,3)11-5-9(7-14)12(15)10(6-11)8-16-4/h5-6,15H,7-8,14H2,1-4H3. The highest BCUT2D eigenvalue weighted by Crippen LogP contribution is 2.31. The van der Waals surface area contributed by atoms with Gasteiger partial charge in [0.1, 0.15) is 5.75 Å². The Morgan fingerprint density at radius 3 is 2.25 bits per heavy atom. The average molecular weight is 223 g/mol. The highest BCUT2D eigenvalue weighted by atomic mass is 16.5. The van der Waals surface area contributed by atoms with Crippen molar-refractivity contribution in [1.29, 1.82) is 0 Å². The molecule has 0 aliphatic heterocycles. The summed E-state index contributed by atoms with van der Waals surface area (Å²) in [7, 11) is 1.62. The van der Waals surface area contributed by atoms with E-state index in [0.29, 0.717) is 13.2 Å². The SMILES string of the molecule is COCc1cc(C(C)(C)C)cc(CN)c1O. The van der Waals surface area contributed by atoms with Gasteiger partial charge in [0.2, 0.25) is 0 Å². The van der Waals surface area contributed by atoms with Crippen LogP contribution in [0.25, 0.3) is 0 Å². The molecule has 1 aromatic carbocycles. The van der Waals surface area contributed by atoms with Crippen molar-refractivity contribution in [3.63, 3.8) is 0 Å². The van der Waals surface area contributed by atoms with Crippen LogP contribution in [-0.4, -0.2) is 12.2 Å². The van der Waals surface area contributed by atoms with Crippen molar-refractivity contribution < 1.29 is 9.84 Å². The zero-order valence-corrected chi connectivity index (χ0v) is 10.5. The summed E-state index contributed by atoms with van der Waals surface area (Å²) < 4.78 is 5.08. The highest BCUT2D eigenvalue weighted by molar-refractivity contribution is 5.45. The molecule has 0 aliphatic carbocycles. The molecule has 0 saturated heterocycles. The van der Waals surface area contributed by atoms with E-state index < -0.39 is 0 Å². The lowest BCUT2D eigenvalue weighted by molar-refractivity contribution is 0.181. The largest absolute Gasteiger partial charge is 0.507 e. The van der Waals surface area contributed by atoms with Crippen molar-refractivity contribution in [3.8, 4) is 5.75 Å². The molecular formula is C13H21NO2. The first-order chi connectivity index (χ1) is 7.40. The molecule has 0 bridgehead atoms. The summed E-state index contributed by atoms with van der Waals surface area (Å²) in [6, 6.07) is 3.95. The van der Waals surface area contributed by atoms with Crippen LogP contribution < -0.4 is 5.73 Å². The number of phenols is 1. The lowest BCUT2D eigenvalue weighted by atomic mass is 9.84. The number of rotatable bonds is 3. The van der Waals surface area contributed by atoms with Crippen molar-refractivity contribution in [2.75, 3.05) is 7.11 Å². The molecule has 0 fully saturated rings. The van der Waals surface area contributed by atoms with Crippen LogP contribution in [0.15, 0.2) is 12.1 Å². The number of methoxy groups -OCH3 is 1. The van der Waals surface area contributed by atoms with Gasteiger partial charge in [-0.3, -0.25) is 0 Å². The Balaban J connectivity index is 3.28. The maximum Gasteiger partial charge on any atom is 0.125 e. The summed E-state index contributed by atoms with van der Waals surface area (Å²) in [5.41, 5.74) is 8.41. The van der Waals surface area contributed by atoms with Crippen molar-refractivity contribution in [1.82, 2.24) is 0 Å². The second kappa shape index (κ2) is 4.85. The third kappa shape index (κ3) is 2.74. The summed E-state index contributed by atoms with van der Waals surface area (Å²) in [6.07, 6.45) is 0. The van der Waals surface area contributed by atoms with Gasteiger partial charge in [-0.2, -0.15) is 0 Å². The van der Waals surface area contributed by atoms with Crippen LogP contribution in [0.4, 0.5) is 0 Å². The Hall–Kier alpha value is -1.06. The lowest BCUT2D eigenvalue weighted by Crippen LogP contribution is -2.13. The van der Waals surface area contributed by atoms with Crippen molar-refractivity contribution in [2.24, 2.45) is 5.73 Å². The number of ether oxygens (including phenoxy) is 1. The second-order valence-corrected chi connectivity index (χ2v) is 5.03. The van der Waals surface area contributed by atoms with E-state index in [-0.39, 0.29) is 11.2 Å². The predicted octanol–water partition coefficient (Wildman–Crippen LogP) is 2.29. The van der Waals surface area contributed by atoms with Gasteiger partial charge in [-0.25, -0.2) is 0 Å². The summed E-state index contributed by atoms with van der Waals surface area (Å²) >= 11 is 0. The van der Waals surface area contributed by atoms with Gasteiger partial charge in [0.05, 0.1) is 6.61 Å². The molecule has 0 amide bonds. The van der Waals surface area contributed by atoms with Crippen LogP contribution in [0.5, 0.6) is 5.75 Å². The number of nitrogens with two attached hydrogens (primary N) is 1. The van der Waals surface area contributed by atoms with E-state index in [0.717, 1.165) is 16.7 Å². The van der Waals surface area contributed by atoms with Gasteiger partial charge in [-0.15, -0.1) is 0 Å². The highest BCUT2D eigenvalue weighted by Gasteiger charge is 2.18. The maximum absolute atomic E-state index is 9.95. The monoisotopic (exact) mass is 223 g/mol. The summed E-state index contributed by atoms with van der Waals surface area (Å²) in [4.78, 5) is 0. The van der Waals surface area contributed by atoms with E-state index in [4.69, 9.17) is 10.5 Å². The zero-order valence-electron chi connectivity index (χ0n) is 10.5. The molecule has 0 saturated carbocycles. The lowest BCUT2D eigenvalue weighted by Gasteiger charge is -2.22. The Bertz CT molecular complexity index is 367. The summed E-state index contributed by atoms with van der Waals surface area (Å²) in [5, 5.41) is 9.95. The van der Waals surface area contributed by atoms with Crippen LogP contribution in [0.2, 0.25) is 0 Å².